The molecule has 0 aliphatic heterocycles. The molecule has 54 heavy (non-hydrogen) atoms. The Balaban J connectivity index is 0.000000195. The van der Waals surface area contributed by atoms with Crippen LogP contribution in [0.15, 0.2) is 146 Å². The first-order chi connectivity index (χ1) is 25.8. The third kappa shape index (κ3) is 9.55. The van der Waals surface area contributed by atoms with Gasteiger partial charge in [-0.1, -0.05) is 131 Å². The zero-order valence-corrected chi connectivity index (χ0v) is 35.9. The van der Waals surface area contributed by atoms with Crippen LogP contribution in [0.25, 0.3) is 33.4 Å². The van der Waals surface area contributed by atoms with E-state index >= 15 is 0 Å². The molecule has 0 bridgehead atoms. The van der Waals surface area contributed by atoms with Crippen LogP contribution >= 0.6 is 11.6 Å². The fourth-order valence-corrected chi connectivity index (χ4v) is 7.89. The molecule has 2 heteroatoms. The summed E-state index contributed by atoms with van der Waals surface area (Å²) in [5.41, 5.74) is 17.3. The molecule has 0 radical (unpaired) electrons. The van der Waals surface area contributed by atoms with Gasteiger partial charge in [0.15, 0.2) is 0 Å². The number of allylic oxidation sites excluding steroid dienone is 4. The molecule has 0 heterocycles. The van der Waals surface area contributed by atoms with Gasteiger partial charge in [0, 0.05) is 0 Å². The van der Waals surface area contributed by atoms with Gasteiger partial charge in [-0.25, -0.2) is 12.2 Å². The molecule has 0 nitrogen and oxygen atoms in total. The molecular weight excluding hydrogens is 751 g/mol. The van der Waals surface area contributed by atoms with Gasteiger partial charge in [0.1, 0.15) is 0 Å². The number of halogens is 1. The quantitative estimate of drug-likeness (QED) is 0.156. The fourth-order valence-electron chi connectivity index (χ4n) is 6.95. The standard InChI is InChI=1S/C33H33.C14H11Cl.C5H5.Zr/c1-32(2,3)30-20-26-24(18-28(30)22-13-9-7-10-14-22)17-25-19-29(23-15-11-8-12-16-23)31(21-27(25)26)33(4,5)6;1-11-2-4-12(5-3-11)10-13-6-8-14(15)9-7-13;1-2-4-5-3-1;/h7-16,18,20-21H,17H2,1-6H3;2-9H,1H3;1-3H,4H2;/q-1;;-1;+2. The van der Waals surface area contributed by atoms with Gasteiger partial charge < -0.3 is 0 Å². The van der Waals surface area contributed by atoms with Crippen molar-refractivity contribution in [3.8, 4) is 33.4 Å². The third-order valence-corrected chi connectivity index (χ3v) is 11.6. The molecule has 268 valence electrons. The van der Waals surface area contributed by atoms with E-state index in [1.54, 1.807) is 0 Å². The molecule has 6 aromatic rings. The molecule has 8 rings (SSSR count). The SMILES string of the molecule is CC(C)(C)c1cc2c([c-]c1-c1ccccc1)Cc1cc(-c3ccccc3)c(C(C)(C)C)cc1-2.Cc1ccc([C](=[Zr+2])c2ccc(Cl)cc2)cc1.[C-]1=CC=CC1. The van der Waals surface area contributed by atoms with Crippen LogP contribution in [0.2, 0.25) is 5.02 Å². The number of rotatable bonds is 4. The van der Waals surface area contributed by atoms with Crippen molar-refractivity contribution in [3.63, 3.8) is 0 Å². The second-order valence-corrected chi connectivity index (χ2v) is 17.8. The molecule has 0 spiro atoms. The Morgan fingerprint density at radius 1 is 0.630 bits per heavy atom. The van der Waals surface area contributed by atoms with Crippen molar-refractivity contribution in [2.75, 3.05) is 0 Å². The Morgan fingerprint density at radius 3 is 1.70 bits per heavy atom. The van der Waals surface area contributed by atoms with E-state index in [1.807, 2.05) is 24.3 Å². The van der Waals surface area contributed by atoms with Crippen molar-refractivity contribution < 1.29 is 24.2 Å². The Labute approximate surface area is 344 Å². The van der Waals surface area contributed by atoms with Crippen molar-refractivity contribution in [2.45, 2.75) is 72.1 Å². The van der Waals surface area contributed by atoms with Crippen molar-refractivity contribution >= 4 is 14.8 Å². The number of aryl methyl sites for hydroxylation is 1. The molecule has 0 saturated heterocycles. The van der Waals surface area contributed by atoms with Crippen LogP contribution in [0.3, 0.4) is 0 Å². The molecular formula is C52H49ClZr. The van der Waals surface area contributed by atoms with Crippen LogP contribution in [0.5, 0.6) is 0 Å². The van der Waals surface area contributed by atoms with Gasteiger partial charge in [0.25, 0.3) is 0 Å². The Morgan fingerprint density at radius 2 is 1.19 bits per heavy atom. The van der Waals surface area contributed by atoms with Gasteiger partial charge in [-0.15, -0.1) is 35.2 Å². The molecule has 0 atom stereocenters. The Kier molecular flexibility index (Phi) is 12.5. The molecule has 6 aromatic carbocycles. The van der Waals surface area contributed by atoms with Crippen molar-refractivity contribution in [1.29, 1.82) is 0 Å². The molecule has 2 aliphatic rings. The van der Waals surface area contributed by atoms with E-state index in [2.05, 4.69) is 182 Å². The summed E-state index contributed by atoms with van der Waals surface area (Å²) in [4.78, 5) is 0. The van der Waals surface area contributed by atoms with Crippen LogP contribution in [-0.2, 0) is 41.5 Å². The Hall–Kier alpha value is -4.16. The van der Waals surface area contributed by atoms with E-state index in [9.17, 15) is 0 Å². The van der Waals surface area contributed by atoms with E-state index < -0.39 is 0 Å². The smallest absolute Gasteiger partial charge is 0.109 e. The first kappa shape index (κ1) is 39.5. The zero-order valence-electron chi connectivity index (χ0n) is 32.6. The van der Waals surface area contributed by atoms with E-state index in [0.29, 0.717) is 0 Å². The first-order valence-electron chi connectivity index (χ1n) is 18.8. The number of benzene rings is 6. The maximum absolute atomic E-state index is 5.88. The average Bonchev–Trinajstić information content (AvgIpc) is 3.86. The van der Waals surface area contributed by atoms with Crippen molar-refractivity contribution in [1.82, 2.24) is 0 Å². The number of hydrogen-bond donors (Lipinski definition) is 0. The van der Waals surface area contributed by atoms with Gasteiger partial charge in [0.2, 0.25) is 0 Å². The van der Waals surface area contributed by atoms with E-state index in [0.717, 1.165) is 17.9 Å². The topological polar surface area (TPSA) is 0 Å². The summed E-state index contributed by atoms with van der Waals surface area (Å²) in [5.74, 6) is 0. The van der Waals surface area contributed by atoms with Crippen LogP contribution in [0, 0.1) is 19.1 Å². The van der Waals surface area contributed by atoms with Gasteiger partial charge in [0.05, 0.1) is 0 Å². The van der Waals surface area contributed by atoms with Gasteiger partial charge >= 0.3 is 116 Å². The van der Waals surface area contributed by atoms with Gasteiger partial charge in [-0.2, -0.15) is 6.08 Å². The summed E-state index contributed by atoms with van der Waals surface area (Å²) in [6.07, 6.45) is 10.9. The van der Waals surface area contributed by atoms with E-state index in [4.69, 9.17) is 11.6 Å². The number of hydrogen-bond acceptors (Lipinski definition) is 0. The van der Waals surface area contributed by atoms with Crippen LogP contribution < -0.4 is 0 Å². The average molecular weight is 801 g/mol. The molecule has 0 saturated carbocycles. The Bertz CT molecular complexity index is 2110. The van der Waals surface area contributed by atoms with Gasteiger partial charge in [-0.3, -0.25) is 6.08 Å². The van der Waals surface area contributed by atoms with Crippen LogP contribution in [0.1, 0.15) is 86.9 Å². The predicted octanol–water partition coefficient (Wildman–Crippen LogP) is 14.1. The first-order valence-corrected chi connectivity index (χ1v) is 20.4. The third-order valence-electron chi connectivity index (χ3n) is 9.88. The summed E-state index contributed by atoms with van der Waals surface area (Å²) in [6.45, 7) is 16.0. The second kappa shape index (κ2) is 17.1. The van der Waals surface area contributed by atoms with Crippen molar-refractivity contribution in [3.05, 3.63) is 202 Å². The minimum Gasteiger partial charge on any atom is -0.273 e. The second-order valence-electron chi connectivity index (χ2n) is 16.2. The number of fused-ring (bicyclic) bond motifs is 3. The largest absolute Gasteiger partial charge is 0.273 e. The summed E-state index contributed by atoms with van der Waals surface area (Å²) in [5, 5.41) is 0.788. The molecule has 0 N–H and O–H groups in total. The molecule has 0 aromatic heterocycles. The summed E-state index contributed by atoms with van der Waals surface area (Å²) >= 11 is 7.30. The zero-order chi connectivity index (χ0) is 38.5. The minimum atomic E-state index is 0.0380. The monoisotopic (exact) mass is 798 g/mol. The predicted molar refractivity (Wildman–Crippen MR) is 229 cm³/mol. The van der Waals surface area contributed by atoms with E-state index in [-0.39, 0.29) is 10.8 Å². The summed E-state index contributed by atoms with van der Waals surface area (Å²) in [6, 6.07) is 49.5. The summed E-state index contributed by atoms with van der Waals surface area (Å²) < 4.78 is 1.36. The van der Waals surface area contributed by atoms with Crippen molar-refractivity contribution in [2.24, 2.45) is 0 Å². The molecule has 0 amide bonds. The molecule has 2 aliphatic carbocycles. The minimum absolute atomic E-state index is 0.0380. The fraction of sp³-hybridized carbons (Fsp3) is 0.212. The molecule has 0 unspecified atom stereocenters. The van der Waals surface area contributed by atoms with Gasteiger partial charge in [-0.05, 0) is 39.5 Å². The summed E-state index contributed by atoms with van der Waals surface area (Å²) in [7, 11) is 0. The maximum Gasteiger partial charge on any atom is -0.109 e. The normalized spacial score (nSPS) is 12.6. The van der Waals surface area contributed by atoms with Crippen LogP contribution in [-0.4, -0.2) is 3.21 Å². The molecule has 0 fully saturated rings. The van der Waals surface area contributed by atoms with Crippen LogP contribution in [0.4, 0.5) is 0 Å². The maximum atomic E-state index is 5.88. The van der Waals surface area contributed by atoms with E-state index in [1.165, 1.54) is 99.8 Å².